The number of hydrogen-bond acceptors (Lipinski definition) is 1. The largest absolute Gasteiger partial charge is 0.507 e. The Morgan fingerprint density at radius 1 is 0.619 bits per heavy atom. The fourth-order valence-electron chi connectivity index (χ4n) is 3.48. The van der Waals surface area contributed by atoms with Gasteiger partial charge in [-0.1, -0.05) is 48.5 Å². The van der Waals surface area contributed by atoms with Crippen LogP contribution >= 0.6 is 0 Å². The normalized spacial score (nSPS) is 11.5. The molecule has 0 saturated carbocycles. The summed E-state index contributed by atoms with van der Waals surface area (Å²) in [5, 5.41) is 17.3. The molecule has 0 atom stereocenters. The summed E-state index contributed by atoms with van der Waals surface area (Å²) in [6.07, 6.45) is 0. The van der Waals surface area contributed by atoms with Gasteiger partial charge in [-0.3, -0.25) is 0 Å². The van der Waals surface area contributed by atoms with Gasteiger partial charge in [-0.2, -0.15) is 0 Å². The molecular weight excluding hydrogens is 256 g/mol. The van der Waals surface area contributed by atoms with E-state index in [4.69, 9.17) is 0 Å². The van der Waals surface area contributed by atoms with Crippen LogP contribution in [0.2, 0.25) is 0 Å². The van der Waals surface area contributed by atoms with Crippen LogP contribution in [0, 0.1) is 13.8 Å². The molecule has 4 rings (SSSR count). The van der Waals surface area contributed by atoms with E-state index in [1.807, 2.05) is 6.07 Å². The SMILES string of the molecule is Cc1c2ccccc2c(C)c2c1ccc1cccc(O)c12. The van der Waals surface area contributed by atoms with Crippen molar-refractivity contribution in [3.63, 3.8) is 0 Å². The summed E-state index contributed by atoms with van der Waals surface area (Å²) in [6, 6.07) is 18.5. The molecular formula is C20H16O. The van der Waals surface area contributed by atoms with Crippen LogP contribution < -0.4 is 0 Å². The van der Waals surface area contributed by atoms with Crippen molar-refractivity contribution in [3.8, 4) is 5.75 Å². The average Bonchev–Trinajstić information content (AvgIpc) is 2.52. The van der Waals surface area contributed by atoms with Crippen molar-refractivity contribution in [1.82, 2.24) is 0 Å². The molecule has 1 nitrogen and oxygen atoms in total. The minimum absolute atomic E-state index is 0.357. The molecule has 0 unspecified atom stereocenters. The van der Waals surface area contributed by atoms with Crippen molar-refractivity contribution < 1.29 is 5.11 Å². The Morgan fingerprint density at radius 3 is 2.10 bits per heavy atom. The Kier molecular flexibility index (Phi) is 2.46. The van der Waals surface area contributed by atoms with Gasteiger partial charge < -0.3 is 5.11 Å². The number of hydrogen-bond donors (Lipinski definition) is 1. The van der Waals surface area contributed by atoms with E-state index in [1.165, 1.54) is 32.7 Å². The zero-order chi connectivity index (χ0) is 14.6. The molecule has 0 saturated heterocycles. The lowest BCUT2D eigenvalue weighted by Crippen LogP contribution is -1.89. The molecule has 102 valence electrons. The summed E-state index contributed by atoms with van der Waals surface area (Å²) in [7, 11) is 0. The van der Waals surface area contributed by atoms with Gasteiger partial charge in [0.05, 0.1) is 0 Å². The van der Waals surface area contributed by atoms with Crippen molar-refractivity contribution in [2.24, 2.45) is 0 Å². The molecule has 0 spiro atoms. The second-order valence-corrected chi connectivity index (χ2v) is 5.66. The minimum Gasteiger partial charge on any atom is -0.507 e. The van der Waals surface area contributed by atoms with Gasteiger partial charge in [0.25, 0.3) is 0 Å². The van der Waals surface area contributed by atoms with Crippen molar-refractivity contribution in [2.45, 2.75) is 13.8 Å². The standard InChI is InChI=1S/C20H16O/c1-12-15-7-3-4-8-16(15)13(2)19-17(12)11-10-14-6-5-9-18(21)20(14)19/h3-11,21H,1-2H3. The highest BCUT2D eigenvalue weighted by molar-refractivity contribution is 6.18. The molecule has 0 radical (unpaired) electrons. The zero-order valence-corrected chi connectivity index (χ0v) is 12.1. The first-order chi connectivity index (χ1) is 10.2. The predicted molar refractivity (Wildman–Crippen MR) is 90.1 cm³/mol. The lowest BCUT2D eigenvalue weighted by molar-refractivity contribution is 0.482. The van der Waals surface area contributed by atoms with Crippen LogP contribution in [0.4, 0.5) is 0 Å². The maximum Gasteiger partial charge on any atom is 0.124 e. The summed E-state index contributed by atoms with van der Waals surface area (Å²) in [5.74, 6) is 0.357. The first-order valence-electron chi connectivity index (χ1n) is 7.21. The van der Waals surface area contributed by atoms with E-state index in [1.54, 1.807) is 6.07 Å². The lowest BCUT2D eigenvalue weighted by atomic mass is 9.90. The molecule has 1 heteroatoms. The summed E-state index contributed by atoms with van der Waals surface area (Å²) >= 11 is 0. The second-order valence-electron chi connectivity index (χ2n) is 5.66. The van der Waals surface area contributed by atoms with Crippen molar-refractivity contribution in [2.75, 3.05) is 0 Å². The van der Waals surface area contributed by atoms with E-state index in [9.17, 15) is 5.11 Å². The molecule has 0 aliphatic heterocycles. The maximum absolute atomic E-state index is 10.4. The summed E-state index contributed by atoms with van der Waals surface area (Å²) < 4.78 is 0. The molecule has 0 aliphatic carbocycles. The van der Waals surface area contributed by atoms with Gasteiger partial charge >= 0.3 is 0 Å². The fraction of sp³-hybridized carbons (Fsp3) is 0.100. The van der Waals surface area contributed by atoms with E-state index in [-0.39, 0.29) is 0 Å². The molecule has 0 fully saturated rings. The molecule has 1 N–H and O–H groups in total. The summed E-state index contributed by atoms with van der Waals surface area (Å²) in [5.41, 5.74) is 2.51. The number of benzene rings is 4. The van der Waals surface area contributed by atoms with Crippen molar-refractivity contribution in [3.05, 3.63) is 65.7 Å². The van der Waals surface area contributed by atoms with Crippen LogP contribution in [-0.2, 0) is 0 Å². The van der Waals surface area contributed by atoms with E-state index < -0.39 is 0 Å². The Bertz CT molecular complexity index is 1010. The van der Waals surface area contributed by atoms with Gasteiger partial charge in [0.15, 0.2) is 0 Å². The highest BCUT2D eigenvalue weighted by atomic mass is 16.3. The van der Waals surface area contributed by atoms with Crippen LogP contribution in [0.5, 0.6) is 5.75 Å². The number of rotatable bonds is 0. The average molecular weight is 272 g/mol. The van der Waals surface area contributed by atoms with Gasteiger partial charge in [0.2, 0.25) is 0 Å². The third kappa shape index (κ3) is 1.58. The lowest BCUT2D eigenvalue weighted by Gasteiger charge is -2.14. The van der Waals surface area contributed by atoms with Gasteiger partial charge in [-0.25, -0.2) is 0 Å². The number of phenols is 1. The highest BCUT2D eigenvalue weighted by Gasteiger charge is 2.12. The molecule has 0 heterocycles. The number of fused-ring (bicyclic) bond motifs is 4. The Morgan fingerprint density at radius 2 is 1.33 bits per heavy atom. The van der Waals surface area contributed by atoms with Gasteiger partial charge in [-0.05, 0) is 58.0 Å². The van der Waals surface area contributed by atoms with E-state index in [0.29, 0.717) is 5.75 Å². The van der Waals surface area contributed by atoms with Crippen LogP contribution in [-0.4, -0.2) is 5.11 Å². The number of aryl methyl sites for hydroxylation is 2. The maximum atomic E-state index is 10.4. The third-order valence-electron chi connectivity index (χ3n) is 4.54. The number of aromatic hydroxyl groups is 1. The first-order valence-corrected chi connectivity index (χ1v) is 7.21. The number of phenolic OH excluding ortho intramolecular Hbond substituents is 1. The molecule has 0 aromatic heterocycles. The van der Waals surface area contributed by atoms with E-state index in [0.717, 1.165) is 10.8 Å². The molecule has 4 aromatic rings. The molecule has 4 aromatic carbocycles. The van der Waals surface area contributed by atoms with Gasteiger partial charge in [0.1, 0.15) is 5.75 Å². The smallest absolute Gasteiger partial charge is 0.124 e. The summed E-state index contributed by atoms with van der Waals surface area (Å²) in [4.78, 5) is 0. The Hall–Kier alpha value is -2.54. The first kappa shape index (κ1) is 12.2. The van der Waals surface area contributed by atoms with Crippen molar-refractivity contribution >= 4 is 32.3 Å². The monoisotopic (exact) mass is 272 g/mol. The van der Waals surface area contributed by atoms with Crippen LogP contribution in [0.1, 0.15) is 11.1 Å². The Labute approximate surface area is 123 Å². The van der Waals surface area contributed by atoms with Gasteiger partial charge in [-0.15, -0.1) is 0 Å². The van der Waals surface area contributed by atoms with Crippen LogP contribution in [0.25, 0.3) is 32.3 Å². The Balaban J connectivity index is 2.40. The molecule has 0 bridgehead atoms. The second kappa shape index (κ2) is 4.23. The molecule has 21 heavy (non-hydrogen) atoms. The van der Waals surface area contributed by atoms with E-state index in [2.05, 4.69) is 56.3 Å². The highest BCUT2D eigenvalue weighted by Crippen LogP contribution is 2.39. The van der Waals surface area contributed by atoms with E-state index >= 15 is 0 Å². The quantitative estimate of drug-likeness (QED) is 0.332. The summed E-state index contributed by atoms with van der Waals surface area (Å²) in [6.45, 7) is 4.31. The third-order valence-corrected chi connectivity index (χ3v) is 4.54. The van der Waals surface area contributed by atoms with Crippen LogP contribution in [0.15, 0.2) is 54.6 Å². The zero-order valence-electron chi connectivity index (χ0n) is 12.1. The molecule has 0 amide bonds. The van der Waals surface area contributed by atoms with Crippen molar-refractivity contribution in [1.29, 1.82) is 0 Å². The predicted octanol–water partition coefficient (Wildman–Crippen LogP) is 5.47. The fourth-order valence-corrected chi connectivity index (χ4v) is 3.48. The van der Waals surface area contributed by atoms with Gasteiger partial charge in [0, 0.05) is 5.39 Å². The van der Waals surface area contributed by atoms with Crippen LogP contribution in [0.3, 0.4) is 0 Å². The minimum atomic E-state index is 0.357. The molecule has 0 aliphatic rings. The topological polar surface area (TPSA) is 20.2 Å².